The number of H-pyrrole nitrogens is 1. The molecule has 1 aliphatic rings. The third-order valence-electron chi connectivity index (χ3n) is 2.34. The first kappa shape index (κ1) is 11.0. The van der Waals surface area contributed by atoms with Crippen molar-refractivity contribution in [3.05, 3.63) is 30.1 Å². The lowest BCUT2D eigenvalue weighted by molar-refractivity contribution is 0.0690. The van der Waals surface area contributed by atoms with Gasteiger partial charge in [-0.3, -0.25) is 0 Å². The van der Waals surface area contributed by atoms with Crippen LogP contribution < -0.4 is 9.47 Å². The number of aromatic nitrogens is 2. The van der Waals surface area contributed by atoms with E-state index in [0.29, 0.717) is 16.7 Å². The Morgan fingerprint density at radius 2 is 2.22 bits per heavy atom. The average Bonchev–Trinajstić information content (AvgIpc) is 2.96. The van der Waals surface area contributed by atoms with Crippen LogP contribution in [0.5, 0.6) is 11.5 Å². The monoisotopic (exact) mass is 264 g/mol. The van der Waals surface area contributed by atoms with Crippen LogP contribution in [0.2, 0.25) is 0 Å². The van der Waals surface area contributed by atoms with Gasteiger partial charge in [-0.1, -0.05) is 11.8 Å². The van der Waals surface area contributed by atoms with Gasteiger partial charge in [-0.2, -0.15) is 0 Å². The van der Waals surface area contributed by atoms with Crippen LogP contribution in [0.4, 0.5) is 0 Å². The van der Waals surface area contributed by atoms with Crippen molar-refractivity contribution in [2.75, 3.05) is 6.79 Å². The summed E-state index contributed by atoms with van der Waals surface area (Å²) in [7, 11) is 0. The molecule has 2 N–H and O–H groups in total. The number of benzene rings is 1. The molecule has 18 heavy (non-hydrogen) atoms. The molecule has 0 radical (unpaired) electrons. The molecule has 2 heterocycles. The van der Waals surface area contributed by atoms with Gasteiger partial charge in [-0.05, 0) is 18.2 Å². The molecule has 6 nitrogen and oxygen atoms in total. The van der Waals surface area contributed by atoms with Crippen molar-refractivity contribution in [3.8, 4) is 11.5 Å². The van der Waals surface area contributed by atoms with Gasteiger partial charge in [-0.25, -0.2) is 9.78 Å². The van der Waals surface area contributed by atoms with Crippen molar-refractivity contribution in [1.29, 1.82) is 0 Å². The summed E-state index contributed by atoms with van der Waals surface area (Å²) in [5, 5.41) is 9.29. The minimum Gasteiger partial charge on any atom is -0.477 e. The predicted octanol–water partition coefficient (Wildman–Crippen LogP) is 1.99. The van der Waals surface area contributed by atoms with E-state index < -0.39 is 5.97 Å². The number of aromatic carboxylic acids is 1. The van der Waals surface area contributed by atoms with E-state index in [2.05, 4.69) is 9.97 Å². The van der Waals surface area contributed by atoms with E-state index in [0.717, 1.165) is 4.90 Å². The molecule has 0 spiro atoms. The summed E-state index contributed by atoms with van der Waals surface area (Å²) in [5.41, 5.74) is 0.0678. The Kier molecular flexibility index (Phi) is 2.60. The van der Waals surface area contributed by atoms with Gasteiger partial charge in [0.1, 0.15) is 5.69 Å². The number of aromatic amines is 1. The van der Waals surface area contributed by atoms with Crippen LogP contribution in [0, 0.1) is 0 Å². The van der Waals surface area contributed by atoms with Gasteiger partial charge in [0.25, 0.3) is 0 Å². The normalized spacial score (nSPS) is 12.7. The highest BCUT2D eigenvalue weighted by atomic mass is 32.2. The van der Waals surface area contributed by atoms with E-state index in [4.69, 9.17) is 14.6 Å². The molecule has 92 valence electrons. The number of carboxylic acid groups (broad SMARTS) is 1. The van der Waals surface area contributed by atoms with Gasteiger partial charge in [0.05, 0.1) is 6.20 Å². The Hall–Kier alpha value is -2.15. The summed E-state index contributed by atoms with van der Waals surface area (Å²) in [6.07, 6.45) is 1.29. The molecule has 0 atom stereocenters. The number of fused-ring (bicyclic) bond motifs is 1. The Morgan fingerprint density at radius 3 is 3.00 bits per heavy atom. The van der Waals surface area contributed by atoms with Gasteiger partial charge in [0, 0.05) is 4.90 Å². The standard InChI is InChI=1S/C11H8N2O4S/c14-10(15)7-4-12-11(13-7)18-6-1-2-8-9(3-6)17-5-16-8/h1-4H,5H2,(H,12,13)(H,14,15). The van der Waals surface area contributed by atoms with E-state index in [9.17, 15) is 4.79 Å². The molecule has 3 rings (SSSR count). The van der Waals surface area contributed by atoms with Gasteiger partial charge < -0.3 is 19.6 Å². The fourth-order valence-corrected chi connectivity index (χ4v) is 2.31. The number of ether oxygens (including phenoxy) is 2. The van der Waals surface area contributed by atoms with Crippen molar-refractivity contribution < 1.29 is 19.4 Å². The van der Waals surface area contributed by atoms with Crippen LogP contribution in [0.15, 0.2) is 34.4 Å². The molecular weight excluding hydrogens is 256 g/mol. The molecule has 0 saturated heterocycles. The molecule has 2 aromatic rings. The van der Waals surface area contributed by atoms with Crippen molar-refractivity contribution in [1.82, 2.24) is 9.97 Å². The van der Waals surface area contributed by atoms with Crippen LogP contribution in [0.25, 0.3) is 0 Å². The molecule has 0 aliphatic carbocycles. The fourth-order valence-electron chi connectivity index (χ4n) is 1.52. The Bertz CT molecular complexity index is 611. The second-order valence-corrected chi connectivity index (χ2v) is 4.59. The lowest BCUT2D eigenvalue weighted by Crippen LogP contribution is -1.95. The molecule has 1 aromatic carbocycles. The highest BCUT2D eigenvalue weighted by molar-refractivity contribution is 7.99. The number of nitrogens with one attached hydrogen (secondary N) is 1. The lowest BCUT2D eigenvalue weighted by atomic mass is 10.3. The van der Waals surface area contributed by atoms with Crippen LogP contribution in [0.3, 0.4) is 0 Å². The van der Waals surface area contributed by atoms with Crippen LogP contribution >= 0.6 is 11.8 Å². The van der Waals surface area contributed by atoms with Gasteiger partial charge in [0.2, 0.25) is 6.79 Å². The van der Waals surface area contributed by atoms with E-state index in [-0.39, 0.29) is 12.5 Å². The Balaban J connectivity index is 1.81. The maximum absolute atomic E-state index is 10.7. The molecule has 0 bridgehead atoms. The molecular formula is C11H8N2O4S. The quantitative estimate of drug-likeness (QED) is 0.881. The number of rotatable bonds is 3. The molecule has 1 aliphatic heterocycles. The summed E-state index contributed by atoms with van der Waals surface area (Å²) in [4.78, 5) is 18.3. The SMILES string of the molecule is O=C(O)c1cnc(Sc2ccc3c(c2)OCO3)[nH]1. The average molecular weight is 264 g/mol. The number of hydrogen-bond donors (Lipinski definition) is 2. The van der Waals surface area contributed by atoms with Gasteiger partial charge in [0.15, 0.2) is 16.7 Å². The van der Waals surface area contributed by atoms with E-state index in [1.807, 2.05) is 18.2 Å². The van der Waals surface area contributed by atoms with Crippen molar-refractivity contribution in [2.45, 2.75) is 10.1 Å². The van der Waals surface area contributed by atoms with Crippen molar-refractivity contribution in [2.24, 2.45) is 0 Å². The van der Waals surface area contributed by atoms with Gasteiger partial charge >= 0.3 is 5.97 Å². The largest absolute Gasteiger partial charge is 0.477 e. The number of hydrogen-bond acceptors (Lipinski definition) is 5. The topological polar surface area (TPSA) is 84.4 Å². The maximum atomic E-state index is 10.7. The summed E-state index contributed by atoms with van der Waals surface area (Å²) >= 11 is 1.33. The second kappa shape index (κ2) is 4.26. The molecule has 0 saturated carbocycles. The summed E-state index contributed by atoms with van der Waals surface area (Å²) < 4.78 is 10.5. The summed E-state index contributed by atoms with van der Waals surface area (Å²) in [6.45, 7) is 0.230. The predicted molar refractivity (Wildman–Crippen MR) is 62.2 cm³/mol. The highest BCUT2D eigenvalue weighted by Gasteiger charge is 2.14. The second-order valence-electron chi connectivity index (χ2n) is 3.52. The molecule has 0 unspecified atom stereocenters. The molecule has 0 fully saturated rings. The number of nitrogens with zero attached hydrogens (tertiary/aromatic N) is 1. The zero-order valence-corrected chi connectivity index (χ0v) is 9.86. The third kappa shape index (κ3) is 2.00. The fraction of sp³-hybridized carbons (Fsp3) is 0.0909. The van der Waals surface area contributed by atoms with Gasteiger partial charge in [-0.15, -0.1) is 0 Å². The van der Waals surface area contributed by atoms with E-state index >= 15 is 0 Å². The third-order valence-corrected chi connectivity index (χ3v) is 3.23. The van der Waals surface area contributed by atoms with E-state index in [1.54, 1.807) is 0 Å². The first-order valence-electron chi connectivity index (χ1n) is 5.08. The van der Waals surface area contributed by atoms with Crippen molar-refractivity contribution in [3.63, 3.8) is 0 Å². The molecule has 0 amide bonds. The number of carbonyl (C=O) groups is 1. The van der Waals surface area contributed by atoms with Crippen LogP contribution in [0.1, 0.15) is 10.5 Å². The first-order chi connectivity index (χ1) is 8.72. The molecule has 1 aromatic heterocycles. The maximum Gasteiger partial charge on any atom is 0.353 e. The highest BCUT2D eigenvalue weighted by Crippen LogP contribution is 2.37. The minimum atomic E-state index is -1.03. The van der Waals surface area contributed by atoms with Crippen LogP contribution in [-0.4, -0.2) is 27.8 Å². The zero-order valence-electron chi connectivity index (χ0n) is 9.04. The smallest absolute Gasteiger partial charge is 0.353 e. The lowest BCUT2D eigenvalue weighted by Gasteiger charge is -2.00. The minimum absolute atomic E-state index is 0.0678. The van der Waals surface area contributed by atoms with Crippen molar-refractivity contribution >= 4 is 17.7 Å². The first-order valence-corrected chi connectivity index (χ1v) is 5.90. The summed E-state index contributed by atoms with van der Waals surface area (Å²) in [5.74, 6) is 0.370. The summed E-state index contributed by atoms with van der Waals surface area (Å²) in [6, 6.07) is 5.50. The zero-order chi connectivity index (χ0) is 12.5. The van der Waals surface area contributed by atoms with Crippen LogP contribution in [-0.2, 0) is 0 Å². The van der Waals surface area contributed by atoms with E-state index in [1.165, 1.54) is 18.0 Å². The number of carboxylic acids is 1. The Morgan fingerprint density at radius 1 is 1.39 bits per heavy atom. The Labute approximate surface area is 106 Å². The molecule has 7 heteroatoms. The number of imidazole rings is 1.